The van der Waals surface area contributed by atoms with Crippen LogP contribution in [-0.4, -0.2) is 30.2 Å². The molecule has 0 aromatic heterocycles. The van der Waals surface area contributed by atoms with E-state index in [1.807, 2.05) is 0 Å². The highest BCUT2D eigenvalue weighted by Crippen LogP contribution is 2.10. The molecule has 0 spiro atoms. The van der Waals surface area contributed by atoms with Crippen LogP contribution in [0.2, 0.25) is 5.02 Å². The van der Waals surface area contributed by atoms with Crippen molar-refractivity contribution in [2.75, 3.05) is 6.61 Å². The fourth-order valence-corrected chi connectivity index (χ4v) is 2.13. The zero-order chi connectivity index (χ0) is 19.6. The molecule has 2 rings (SSSR count). The second kappa shape index (κ2) is 10.1. The van der Waals surface area contributed by atoms with E-state index in [-0.39, 0.29) is 18.6 Å². The van der Waals surface area contributed by atoms with Crippen LogP contribution in [-0.2, 0) is 14.3 Å². The molecule has 2 amide bonds. The van der Waals surface area contributed by atoms with E-state index in [4.69, 9.17) is 16.3 Å². The summed E-state index contributed by atoms with van der Waals surface area (Å²) in [6.07, 6.45) is -0.413. The van der Waals surface area contributed by atoms with Gasteiger partial charge in [-0.2, -0.15) is 0 Å². The Balaban J connectivity index is 1.66. The third-order valence-electron chi connectivity index (χ3n) is 3.44. The molecule has 0 aliphatic carbocycles. The number of hydrazine groups is 1. The van der Waals surface area contributed by atoms with Crippen LogP contribution >= 0.6 is 11.6 Å². The van der Waals surface area contributed by atoms with Crippen molar-refractivity contribution in [1.29, 1.82) is 0 Å². The predicted molar refractivity (Wildman–Crippen MR) is 98.0 cm³/mol. The summed E-state index contributed by atoms with van der Waals surface area (Å²) in [5, 5.41) is 0.494. The molecule has 0 saturated heterocycles. The molecule has 2 aromatic rings. The SMILES string of the molecule is O=C(CCC(=O)OCC(=O)c1ccc(Cl)cc1)NNC(=O)c1ccccc1. The first kappa shape index (κ1) is 20.1. The Hall–Kier alpha value is -3.19. The molecule has 0 heterocycles. The van der Waals surface area contributed by atoms with Gasteiger partial charge in [-0.05, 0) is 36.4 Å². The molecule has 0 bridgehead atoms. The van der Waals surface area contributed by atoms with E-state index < -0.39 is 24.4 Å². The molecule has 0 atom stereocenters. The van der Waals surface area contributed by atoms with Gasteiger partial charge in [-0.3, -0.25) is 30.0 Å². The Labute approximate surface area is 160 Å². The molecule has 2 aromatic carbocycles. The van der Waals surface area contributed by atoms with Crippen LogP contribution in [0.5, 0.6) is 0 Å². The van der Waals surface area contributed by atoms with Crippen molar-refractivity contribution in [2.45, 2.75) is 12.8 Å². The van der Waals surface area contributed by atoms with Gasteiger partial charge >= 0.3 is 5.97 Å². The summed E-state index contributed by atoms with van der Waals surface area (Å²) in [7, 11) is 0. The summed E-state index contributed by atoms with van der Waals surface area (Å²) in [4.78, 5) is 46.9. The van der Waals surface area contributed by atoms with Crippen molar-refractivity contribution in [2.24, 2.45) is 0 Å². The Morgan fingerprint density at radius 2 is 1.48 bits per heavy atom. The van der Waals surface area contributed by atoms with Crippen LogP contribution in [0.1, 0.15) is 33.6 Å². The molecular formula is C19H17ClN2O5. The number of nitrogens with one attached hydrogen (secondary N) is 2. The Kier molecular flexibility index (Phi) is 7.51. The van der Waals surface area contributed by atoms with Crippen LogP contribution in [0.15, 0.2) is 54.6 Å². The number of amides is 2. The van der Waals surface area contributed by atoms with Crippen LogP contribution < -0.4 is 10.9 Å². The molecular weight excluding hydrogens is 372 g/mol. The predicted octanol–water partition coefficient (Wildman–Crippen LogP) is 2.31. The van der Waals surface area contributed by atoms with Gasteiger partial charge < -0.3 is 4.74 Å². The third-order valence-corrected chi connectivity index (χ3v) is 3.69. The molecule has 0 aliphatic rings. The van der Waals surface area contributed by atoms with Crippen molar-refractivity contribution in [3.63, 3.8) is 0 Å². The van der Waals surface area contributed by atoms with Crippen LogP contribution in [0, 0.1) is 0 Å². The van der Waals surface area contributed by atoms with Crippen LogP contribution in [0.25, 0.3) is 0 Å². The first-order valence-corrected chi connectivity index (χ1v) is 8.42. The zero-order valence-corrected chi connectivity index (χ0v) is 15.0. The molecule has 0 fully saturated rings. The van der Waals surface area contributed by atoms with Crippen LogP contribution in [0.4, 0.5) is 0 Å². The van der Waals surface area contributed by atoms with Gasteiger partial charge in [-0.15, -0.1) is 0 Å². The number of benzene rings is 2. The largest absolute Gasteiger partial charge is 0.457 e. The van der Waals surface area contributed by atoms with Gasteiger partial charge in [-0.25, -0.2) is 0 Å². The fraction of sp³-hybridized carbons (Fsp3) is 0.158. The second-order valence-corrected chi connectivity index (χ2v) is 5.90. The Morgan fingerprint density at radius 1 is 0.815 bits per heavy atom. The third kappa shape index (κ3) is 6.91. The van der Waals surface area contributed by atoms with Gasteiger partial charge in [0.1, 0.15) is 0 Å². The lowest BCUT2D eigenvalue weighted by Gasteiger charge is -2.07. The number of rotatable bonds is 7. The molecule has 0 unspecified atom stereocenters. The molecule has 8 heteroatoms. The molecule has 0 radical (unpaired) electrons. The maximum Gasteiger partial charge on any atom is 0.306 e. The molecule has 27 heavy (non-hydrogen) atoms. The Bertz CT molecular complexity index is 822. The van der Waals surface area contributed by atoms with Crippen molar-refractivity contribution in [1.82, 2.24) is 10.9 Å². The van der Waals surface area contributed by atoms with Crippen molar-refractivity contribution >= 4 is 35.2 Å². The maximum absolute atomic E-state index is 11.9. The van der Waals surface area contributed by atoms with Crippen molar-refractivity contribution in [3.8, 4) is 0 Å². The highest BCUT2D eigenvalue weighted by atomic mass is 35.5. The summed E-state index contributed by atoms with van der Waals surface area (Å²) in [5.74, 6) is -2.10. The fourth-order valence-electron chi connectivity index (χ4n) is 2.00. The topological polar surface area (TPSA) is 102 Å². The molecule has 0 saturated carbocycles. The average molecular weight is 389 g/mol. The smallest absolute Gasteiger partial charge is 0.306 e. The monoisotopic (exact) mass is 388 g/mol. The lowest BCUT2D eigenvalue weighted by Crippen LogP contribution is -2.41. The van der Waals surface area contributed by atoms with Crippen molar-refractivity contribution < 1.29 is 23.9 Å². The highest BCUT2D eigenvalue weighted by molar-refractivity contribution is 6.30. The van der Waals surface area contributed by atoms with Gasteiger partial charge in [0.25, 0.3) is 5.91 Å². The van der Waals surface area contributed by atoms with Gasteiger partial charge in [0.15, 0.2) is 12.4 Å². The first-order chi connectivity index (χ1) is 13.0. The quantitative estimate of drug-likeness (QED) is 0.430. The van der Waals surface area contributed by atoms with E-state index in [0.717, 1.165) is 0 Å². The lowest BCUT2D eigenvalue weighted by atomic mass is 10.1. The van der Waals surface area contributed by atoms with Gasteiger partial charge in [0, 0.05) is 22.6 Å². The van der Waals surface area contributed by atoms with E-state index in [1.54, 1.807) is 42.5 Å². The van der Waals surface area contributed by atoms with Gasteiger partial charge in [0.2, 0.25) is 5.91 Å². The van der Waals surface area contributed by atoms with E-state index in [9.17, 15) is 19.2 Å². The van der Waals surface area contributed by atoms with Crippen LogP contribution in [0.3, 0.4) is 0 Å². The normalized spacial score (nSPS) is 9.96. The number of halogens is 1. The Morgan fingerprint density at radius 3 is 2.15 bits per heavy atom. The number of ketones is 1. The lowest BCUT2D eigenvalue weighted by molar-refractivity contribution is -0.143. The number of carbonyl (C=O) groups is 4. The van der Waals surface area contributed by atoms with E-state index in [1.165, 1.54) is 12.1 Å². The number of ether oxygens (including phenoxy) is 1. The summed E-state index contributed by atoms with van der Waals surface area (Å²) < 4.78 is 4.84. The molecule has 140 valence electrons. The van der Waals surface area contributed by atoms with E-state index >= 15 is 0 Å². The molecule has 0 aliphatic heterocycles. The van der Waals surface area contributed by atoms with Gasteiger partial charge in [0.05, 0.1) is 6.42 Å². The van der Waals surface area contributed by atoms with Gasteiger partial charge in [-0.1, -0.05) is 29.8 Å². The van der Waals surface area contributed by atoms with Crippen molar-refractivity contribution in [3.05, 3.63) is 70.7 Å². The van der Waals surface area contributed by atoms with E-state index in [2.05, 4.69) is 10.9 Å². The maximum atomic E-state index is 11.9. The first-order valence-electron chi connectivity index (χ1n) is 8.04. The number of hydrogen-bond acceptors (Lipinski definition) is 5. The minimum atomic E-state index is -0.693. The zero-order valence-electron chi connectivity index (χ0n) is 14.2. The number of hydrogen-bond donors (Lipinski definition) is 2. The number of esters is 1. The summed E-state index contributed by atoms with van der Waals surface area (Å²) in [5.41, 5.74) is 5.21. The standard InChI is InChI=1S/C19H17ClN2O5/c20-15-8-6-13(7-9-15)16(23)12-27-18(25)11-10-17(24)21-22-19(26)14-4-2-1-3-5-14/h1-9H,10-12H2,(H,21,24)(H,22,26). The average Bonchev–Trinajstić information content (AvgIpc) is 2.69. The minimum Gasteiger partial charge on any atom is -0.457 e. The highest BCUT2D eigenvalue weighted by Gasteiger charge is 2.12. The second-order valence-electron chi connectivity index (χ2n) is 5.46. The number of carbonyl (C=O) groups excluding carboxylic acids is 4. The minimum absolute atomic E-state index is 0.191. The molecule has 2 N–H and O–H groups in total. The summed E-state index contributed by atoms with van der Waals surface area (Å²) >= 11 is 5.73. The summed E-state index contributed by atoms with van der Waals surface area (Å²) in [6.45, 7) is -0.424. The van der Waals surface area contributed by atoms with E-state index in [0.29, 0.717) is 16.1 Å². The number of Topliss-reactive ketones (excluding diaryl/α,β-unsaturated/α-hetero) is 1. The molecule has 7 nitrogen and oxygen atoms in total. The summed E-state index contributed by atoms with van der Waals surface area (Å²) in [6, 6.07) is 14.5.